The summed E-state index contributed by atoms with van der Waals surface area (Å²) in [4.78, 5) is 12.4. The molecule has 60 valence electrons. The Bertz CT molecular complexity index is 105. The summed E-state index contributed by atoms with van der Waals surface area (Å²) in [7, 11) is 0. The van der Waals surface area contributed by atoms with Crippen LogP contribution in [-0.4, -0.2) is 23.2 Å². The number of hydrogen-bond acceptors (Lipinski definition) is 2. The van der Waals surface area contributed by atoms with Gasteiger partial charge in [-0.3, -0.25) is 0 Å². The Kier molecular flexibility index (Phi) is 11.4. The maximum atomic E-state index is 10.7. The van der Waals surface area contributed by atoms with Gasteiger partial charge in [0, 0.05) is 13.1 Å². The topological polar surface area (TPSA) is 20.3 Å². The van der Waals surface area contributed by atoms with E-state index in [0.717, 1.165) is 25.9 Å². The van der Waals surface area contributed by atoms with E-state index in [1.807, 2.05) is 13.8 Å². The van der Waals surface area contributed by atoms with Crippen LogP contribution >= 0.6 is 0 Å². The third-order valence-electron chi connectivity index (χ3n) is 1.25. The molecule has 2 nitrogen and oxygen atoms in total. The maximum absolute atomic E-state index is 10.7. The number of amides is 1. The van der Waals surface area contributed by atoms with Gasteiger partial charge in [-0.15, -0.1) is 0 Å². The van der Waals surface area contributed by atoms with Crippen LogP contribution in [0.1, 0.15) is 26.7 Å². The average Bonchev–Trinajstić information content (AvgIpc) is 1.87. The van der Waals surface area contributed by atoms with Crippen LogP contribution in [0.5, 0.6) is 0 Å². The Balaban J connectivity index is 0. The molecule has 0 rings (SSSR count). The fourth-order valence-electron chi connectivity index (χ4n) is 0.834. The van der Waals surface area contributed by atoms with Gasteiger partial charge in [-0.1, -0.05) is 13.8 Å². The SMILES string of the molecule is CCCN(CCC)C(=O)[S-].[Na+]. The van der Waals surface area contributed by atoms with E-state index in [0.29, 0.717) is 0 Å². The van der Waals surface area contributed by atoms with Crippen molar-refractivity contribution in [3.63, 3.8) is 0 Å². The predicted octanol–water partition coefficient (Wildman–Crippen LogP) is -1.22. The molecule has 0 saturated heterocycles. The molecule has 0 aliphatic rings. The molecule has 11 heavy (non-hydrogen) atoms. The van der Waals surface area contributed by atoms with Gasteiger partial charge in [-0.25, -0.2) is 0 Å². The van der Waals surface area contributed by atoms with E-state index in [4.69, 9.17) is 0 Å². The molecule has 0 aromatic carbocycles. The monoisotopic (exact) mass is 183 g/mol. The molecule has 0 aromatic heterocycles. The summed E-state index contributed by atoms with van der Waals surface area (Å²) in [5.41, 5.74) is 0. The zero-order valence-electron chi connectivity index (χ0n) is 7.59. The second-order valence-electron chi connectivity index (χ2n) is 2.25. The summed E-state index contributed by atoms with van der Waals surface area (Å²) in [6.07, 6.45) is 1.98. The largest absolute Gasteiger partial charge is 1.00 e. The van der Waals surface area contributed by atoms with E-state index < -0.39 is 0 Å². The Morgan fingerprint density at radius 3 is 1.82 bits per heavy atom. The van der Waals surface area contributed by atoms with Crippen LogP contribution in [0.3, 0.4) is 0 Å². The van der Waals surface area contributed by atoms with E-state index in [2.05, 4.69) is 12.6 Å². The van der Waals surface area contributed by atoms with Crippen molar-refractivity contribution < 1.29 is 34.4 Å². The normalized spacial score (nSPS) is 8.55. The van der Waals surface area contributed by atoms with Crippen molar-refractivity contribution in [3.05, 3.63) is 0 Å². The van der Waals surface area contributed by atoms with E-state index in [1.165, 1.54) is 0 Å². The molecular formula is C7H14NNaOS. The van der Waals surface area contributed by atoms with E-state index in [9.17, 15) is 4.79 Å². The molecule has 0 aromatic rings. The van der Waals surface area contributed by atoms with Gasteiger partial charge in [0.1, 0.15) is 5.24 Å². The molecule has 1 amide bonds. The van der Waals surface area contributed by atoms with Crippen LogP contribution in [0.15, 0.2) is 0 Å². The minimum absolute atomic E-state index is 0. The predicted molar refractivity (Wildman–Crippen MR) is 44.9 cm³/mol. The van der Waals surface area contributed by atoms with Crippen LogP contribution in [0.2, 0.25) is 0 Å². The van der Waals surface area contributed by atoms with Crippen molar-refractivity contribution in [2.75, 3.05) is 13.1 Å². The molecule has 0 N–H and O–H groups in total. The second kappa shape index (κ2) is 8.78. The van der Waals surface area contributed by atoms with Gasteiger partial charge in [0.05, 0.1) is 0 Å². The molecule has 0 heterocycles. The minimum atomic E-state index is -0.219. The van der Waals surface area contributed by atoms with Crippen molar-refractivity contribution >= 4 is 17.9 Å². The second-order valence-corrected chi connectivity index (χ2v) is 2.60. The minimum Gasteiger partial charge on any atom is -0.719 e. The van der Waals surface area contributed by atoms with Gasteiger partial charge in [-0.05, 0) is 12.8 Å². The first-order valence-electron chi connectivity index (χ1n) is 3.68. The molecule has 0 aliphatic heterocycles. The molecule has 0 unspecified atom stereocenters. The molecule has 4 heteroatoms. The summed E-state index contributed by atoms with van der Waals surface area (Å²) < 4.78 is 0. The average molecular weight is 183 g/mol. The Morgan fingerprint density at radius 2 is 1.64 bits per heavy atom. The van der Waals surface area contributed by atoms with E-state index >= 15 is 0 Å². The van der Waals surface area contributed by atoms with Gasteiger partial charge in [-0.2, -0.15) is 0 Å². The molecule has 0 spiro atoms. The summed E-state index contributed by atoms with van der Waals surface area (Å²) in [6.45, 7) is 5.69. The van der Waals surface area contributed by atoms with Crippen LogP contribution < -0.4 is 29.6 Å². The van der Waals surface area contributed by atoms with Crippen LogP contribution in [-0.2, 0) is 12.6 Å². The van der Waals surface area contributed by atoms with Gasteiger partial charge in [0.15, 0.2) is 0 Å². The Labute approximate surface area is 96.4 Å². The van der Waals surface area contributed by atoms with Crippen molar-refractivity contribution in [3.8, 4) is 0 Å². The third kappa shape index (κ3) is 7.06. The smallest absolute Gasteiger partial charge is 0.719 e. The number of carbonyl (C=O) groups excluding carboxylic acids is 1. The van der Waals surface area contributed by atoms with E-state index in [1.54, 1.807) is 4.90 Å². The zero-order chi connectivity index (χ0) is 7.98. The molecule has 0 atom stereocenters. The summed E-state index contributed by atoms with van der Waals surface area (Å²) >= 11 is 4.52. The Morgan fingerprint density at radius 1 is 1.27 bits per heavy atom. The molecule has 0 fully saturated rings. The number of nitrogens with zero attached hydrogens (tertiary/aromatic N) is 1. The van der Waals surface area contributed by atoms with Gasteiger partial charge < -0.3 is 22.3 Å². The quantitative estimate of drug-likeness (QED) is 0.402. The fraction of sp³-hybridized carbons (Fsp3) is 0.857. The maximum Gasteiger partial charge on any atom is 1.00 e. The number of carbonyl (C=O) groups is 1. The van der Waals surface area contributed by atoms with E-state index in [-0.39, 0.29) is 34.8 Å². The van der Waals surface area contributed by atoms with Crippen molar-refractivity contribution in [2.24, 2.45) is 0 Å². The molecule has 0 aliphatic carbocycles. The number of hydrogen-bond donors (Lipinski definition) is 0. The first kappa shape index (κ1) is 14.2. The molecular weight excluding hydrogens is 169 g/mol. The molecule has 0 radical (unpaired) electrons. The first-order valence-corrected chi connectivity index (χ1v) is 4.09. The van der Waals surface area contributed by atoms with Gasteiger partial charge >= 0.3 is 29.6 Å². The van der Waals surface area contributed by atoms with Crippen molar-refractivity contribution in [1.82, 2.24) is 4.90 Å². The van der Waals surface area contributed by atoms with Crippen LogP contribution in [0.4, 0.5) is 4.79 Å². The van der Waals surface area contributed by atoms with Crippen molar-refractivity contribution in [1.29, 1.82) is 0 Å². The molecule has 0 bridgehead atoms. The fourth-order valence-corrected chi connectivity index (χ4v) is 1.02. The third-order valence-corrected chi connectivity index (χ3v) is 1.50. The standard InChI is InChI=1S/C7H15NOS.Na/c1-3-5-8(6-4-2)7(9)10;/h3-6H2,1-2H3,(H,9,10);/q;+1/p-1. The van der Waals surface area contributed by atoms with Gasteiger partial charge in [0.2, 0.25) is 0 Å². The number of rotatable bonds is 4. The van der Waals surface area contributed by atoms with Crippen LogP contribution in [0, 0.1) is 0 Å². The summed E-state index contributed by atoms with van der Waals surface area (Å²) in [5, 5.41) is -0.219. The zero-order valence-corrected chi connectivity index (χ0v) is 10.4. The van der Waals surface area contributed by atoms with Crippen molar-refractivity contribution in [2.45, 2.75) is 26.7 Å². The molecule has 0 saturated carbocycles. The Hall–Kier alpha value is 0.690. The summed E-state index contributed by atoms with van der Waals surface area (Å²) in [6, 6.07) is 0. The first-order chi connectivity index (χ1) is 4.72. The summed E-state index contributed by atoms with van der Waals surface area (Å²) in [5.74, 6) is 0. The van der Waals surface area contributed by atoms with Gasteiger partial charge in [0.25, 0.3) is 0 Å². The van der Waals surface area contributed by atoms with Crippen LogP contribution in [0.25, 0.3) is 0 Å².